The van der Waals surface area contributed by atoms with E-state index in [1.807, 2.05) is 24.3 Å². The molecular formula is C16H18BrNO3. The molecule has 1 aromatic carbocycles. The molecule has 112 valence electrons. The first-order chi connectivity index (χ1) is 10.0. The minimum atomic E-state index is -0.189. The van der Waals surface area contributed by atoms with Gasteiger partial charge < -0.3 is 9.30 Å². The van der Waals surface area contributed by atoms with E-state index in [4.69, 9.17) is 0 Å². The Morgan fingerprint density at radius 2 is 2.05 bits per heavy atom. The molecule has 2 rings (SSSR count). The lowest BCUT2D eigenvalue weighted by Gasteiger charge is -2.10. The van der Waals surface area contributed by atoms with E-state index in [1.54, 1.807) is 11.6 Å². The average Bonchev–Trinajstić information content (AvgIpc) is 2.47. The number of unbranched alkanes of at least 4 members (excludes halogenated alkanes) is 1. The maximum Gasteiger partial charge on any atom is 0.305 e. The Morgan fingerprint density at radius 3 is 2.76 bits per heavy atom. The van der Waals surface area contributed by atoms with Crippen LogP contribution in [0.5, 0.6) is 0 Å². The number of fused-ring (bicyclic) bond motifs is 1. The van der Waals surface area contributed by atoms with Crippen molar-refractivity contribution in [3.05, 3.63) is 44.8 Å². The highest BCUT2D eigenvalue weighted by atomic mass is 79.9. The molecule has 0 N–H and O–H groups in total. The number of carbonyl (C=O) groups is 1. The Hall–Kier alpha value is -1.62. The number of hydrogen-bond acceptors (Lipinski definition) is 3. The lowest BCUT2D eigenvalue weighted by atomic mass is 10.1. The maximum atomic E-state index is 12.3. The predicted molar refractivity (Wildman–Crippen MR) is 86.5 cm³/mol. The van der Waals surface area contributed by atoms with Crippen LogP contribution in [0.3, 0.4) is 0 Å². The number of hydrogen-bond donors (Lipinski definition) is 0. The molecule has 0 saturated heterocycles. The van der Waals surface area contributed by atoms with Crippen LogP contribution in [0.15, 0.2) is 33.5 Å². The summed E-state index contributed by atoms with van der Waals surface area (Å²) in [7, 11) is 3.19. The van der Waals surface area contributed by atoms with Crippen LogP contribution in [-0.2, 0) is 23.0 Å². The van der Waals surface area contributed by atoms with Crippen molar-refractivity contribution in [2.24, 2.45) is 7.05 Å². The summed E-state index contributed by atoms with van der Waals surface area (Å²) in [6, 6.07) is 7.71. The van der Waals surface area contributed by atoms with Crippen molar-refractivity contribution in [2.75, 3.05) is 7.11 Å². The van der Waals surface area contributed by atoms with Gasteiger partial charge in [0.15, 0.2) is 0 Å². The fourth-order valence-electron chi connectivity index (χ4n) is 2.35. The lowest BCUT2D eigenvalue weighted by molar-refractivity contribution is -0.140. The summed E-state index contributed by atoms with van der Waals surface area (Å²) in [5.74, 6) is -0.189. The number of benzene rings is 1. The number of carbonyl (C=O) groups excluding carboxylic acids is 1. The molecule has 0 aliphatic rings. The molecule has 1 aromatic heterocycles. The summed E-state index contributed by atoms with van der Waals surface area (Å²) in [4.78, 5) is 23.4. The molecule has 21 heavy (non-hydrogen) atoms. The number of ether oxygens (including phenoxy) is 1. The second-order valence-corrected chi connectivity index (χ2v) is 5.93. The van der Waals surface area contributed by atoms with E-state index in [2.05, 4.69) is 20.7 Å². The quantitative estimate of drug-likeness (QED) is 0.613. The van der Waals surface area contributed by atoms with Crippen molar-refractivity contribution in [2.45, 2.75) is 25.7 Å². The number of esters is 1. The highest BCUT2D eigenvalue weighted by Crippen LogP contribution is 2.19. The highest BCUT2D eigenvalue weighted by Gasteiger charge is 2.07. The molecular weight excluding hydrogens is 334 g/mol. The highest BCUT2D eigenvalue weighted by molar-refractivity contribution is 9.10. The average molecular weight is 352 g/mol. The zero-order valence-corrected chi connectivity index (χ0v) is 13.8. The van der Waals surface area contributed by atoms with Gasteiger partial charge in [-0.25, -0.2) is 0 Å². The number of aromatic nitrogens is 1. The Balaban J connectivity index is 2.18. The van der Waals surface area contributed by atoms with Crippen LogP contribution in [0.25, 0.3) is 10.8 Å². The largest absolute Gasteiger partial charge is 0.469 e. The van der Waals surface area contributed by atoms with Crippen molar-refractivity contribution in [1.29, 1.82) is 0 Å². The first kappa shape index (κ1) is 15.8. The van der Waals surface area contributed by atoms with E-state index in [0.29, 0.717) is 6.42 Å². The van der Waals surface area contributed by atoms with Crippen LogP contribution in [0, 0.1) is 0 Å². The smallest absolute Gasteiger partial charge is 0.305 e. The van der Waals surface area contributed by atoms with Crippen LogP contribution in [0.4, 0.5) is 0 Å². The van der Waals surface area contributed by atoms with Crippen molar-refractivity contribution >= 4 is 32.7 Å². The van der Waals surface area contributed by atoms with Gasteiger partial charge in [-0.3, -0.25) is 9.59 Å². The van der Waals surface area contributed by atoms with Crippen molar-refractivity contribution in [3.8, 4) is 0 Å². The molecule has 0 unspecified atom stereocenters. The molecule has 5 heteroatoms. The van der Waals surface area contributed by atoms with Gasteiger partial charge in [0.05, 0.1) is 7.11 Å². The van der Waals surface area contributed by atoms with Gasteiger partial charge in [0.25, 0.3) is 5.56 Å². The third-order valence-corrected chi connectivity index (χ3v) is 4.09. The topological polar surface area (TPSA) is 48.3 Å². The van der Waals surface area contributed by atoms with Gasteiger partial charge in [-0.1, -0.05) is 15.9 Å². The number of aryl methyl sites for hydroxylation is 1. The molecule has 0 aliphatic carbocycles. The van der Waals surface area contributed by atoms with E-state index in [1.165, 1.54) is 7.11 Å². The zero-order chi connectivity index (χ0) is 15.4. The van der Waals surface area contributed by atoms with E-state index in [9.17, 15) is 9.59 Å². The second kappa shape index (κ2) is 6.89. The summed E-state index contributed by atoms with van der Waals surface area (Å²) in [5.41, 5.74) is 0.999. The fraction of sp³-hybridized carbons (Fsp3) is 0.375. The van der Waals surface area contributed by atoms with Gasteiger partial charge in [0.1, 0.15) is 0 Å². The lowest BCUT2D eigenvalue weighted by Crippen LogP contribution is -2.20. The Labute approximate surface area is 131 Å². The van der Waals surface area contributed by atoms with Crippen molar-refractivity contribution in [3.63, 3.8) is 0 Å². The summed E-state index contributed by atoms with van der Waals surface area (Å²) in [6.45, 7) is 0. The molecule has 0 saturated carbocycles. The molecule has 0 bridgehead atoms. The minimum absolute atomic E-state index is 0.0166. The second-order valence-electron chi connectivity index (χ2n) is 5.01. The first-order valence-corrected chi connectivity index (χ1v) is 7.67. The minimum Gasteiger partial charge on any atom is -0.469 e. The molecule has 4 nitrogen and oxygen atoms in total. The predicted octanol–water partition coefficient (Wildman–Crippen LogP) is 3.19. The molecule has 0 atom stereocenters. The Kier molecular flexibility index (Phi) is 5.17. The van der Waals surface area contributed by atoms with Crippen LogP contribution in [0.2, 0.25) is 0 Å². The number of halogens is 1. The van der Waals surface area contributed by atoms with E-state index in [0.717, 1.165) is 40.2 Å². The summed E-state index contributed by atoms with van der Waals surface area (Å²) < 4.78 is 7.26. The van der Waals surface area contributed by atoms with E-state index >= 15 is 0 Å². The van der Waals surface area contributed by atoms with Gasteiger partial charge in [-0.15, -0.1) is 0 Å². The van der Waals surface area contributed by atoms with E-state index in [-0.39, 0.29) is 11.5 Å². The molecule has 0 aliphatic heterocycles. The van der Waals surface area contributed by atoms with Gasteiger partial charge in [0.2, 0.25) is 0 Å². The molecule has 0 spiro atoms. The number of methoxy groups -OCH3 is 1. The third-order valence-electron chi connectivity index (χ3n) is 3.59. The molecule has 0 amide bonds. The van der Waals surface area contributed by atoms with Gasteiger partial charge in [-0.05, 0) is 48.9 Å². The van der Waals surface area contributed by atoms with Crippen LogP contribution in [0.1, 0.15) is 25.0 Å². The van der Waals surface area contributed by atoms with Crippen LogP contribution in [-0.4, -0.2) is 17.6 Å². The van der Waals surface area contributed by atoms with Gasteiger partial charge in [0, 0.05) is 29.0 Å². The zero-order valence-electron chi connectivity index (χ0n) is 12.2. The van der Waals surface area contributed by atoms with Crippen molar-refractivity contribution in [1.82, 2.24) is 4.57 Å². The van der Waals surface area contributed by atoms with Crippen LogP contribution >= 0.6 is 15.9 Å². The number of rotatable bonds is 5. The fourth-order valence-corrected chi connectivity index (χ4v) is 2.73. The molecule has 0 radical (unpaired) electrons. The maximum absolute atomic E-state index is 12.3. The number of nitrogens with zero attached hydrogens (tertiary/aromatic N) is 1. The molecule has 2 aromatic rings. The van der Waals surface area contributed by atoms with E-state index < -0.39 is 0 Å². The first-order valence-electron chi connectivity index (χ1n) is 6.88. The van der Waals surface area contributed by atoms with Crippen molar-refractivity contribution < 1.29 is 9.53 Å². The SMILES string of the molecule is COC(=O)CCCCc1cc2cc(Br)ccc2c(=O)n1C. The Morgan fingerprint density at radius 1 is 1.29 bits per heavy atom. The summed E-state index contributed by atoms with van der Waals surface area (Å²) >= 11 is 3.43. The molecule has 1 heterocycles. The third kappa shape index (κ3) is 3.73. The Bertz CT molecular complexity index is 721. The van der Waals surface area contributed by atoms with Gasteiger partial charge >= 0.3 is 5.97 Å². The molecule has 0 fully saturated rings. The summed E-state index contributed by atoms with van der Waals surface area (Å²) in [6.07, 6.45) is 2.80. The number of pyridine rings is 1. The standard InChI is InChI=1S/C16H18BrNO3/c1-18-13(5-3-4-6-15(19)21-2)10-11-9-12(17)7-8-14(11)16(18)20/h7-10H,3-6H2,1-2H3. The van der Waals surface area contributed by atoms with Crippen LogP contribution < -0.4 is 5.56 Å². The van der Waals surface area contributed by atoms with Gasteiger partial charge in [-0.2, -0.15) is 0 Å². The summed E-state index contributed by atoms with van der Waals surface area (Å²) in [5, 5.41) is 1.66. The monoisotopic (exact) mass is 351 g/mol. The normalized spacial score (nSPS) is 10.8.